The topological polar surface area (TPSA) is 84.0 Å². The number of hydrogen-bond acceptors (Lipinski definition) is 5. The van der Waals surface area contributed by atoms with Crippen LogP contribution in [0.5, 0.6) is 0 Å². The molecule has 0 aliphatic rings. The first kappa shape index (κ1) is 18.7. The Hall–Kier alpha value is -3.07. The second-order valence-electron chi connectivity index (χ2n) is 5.81. The monoisotopic (exact) mass is 390 g/mol. The van der Waals surface area contributed by atoms with E-state index in [1.54, 1.807) is 30.3 Å². The Kier molecular flexibility index (Phi) is 5.31. The Morgan fingerprint density at radius 3 is 2.63 bits per heavy atom. The average Bonchev–Trinajstić information content (AvgIpc) is 2.60. The third-order valence-corrected chi connectivity index (χ3v) is 4.16. The van der Waals surface area contributed by atoms with Crippen molar-refractivity contribution in [2.24, 2.45) is 0 Å². The van der Waals surface area contributed by atoms with Crippen LogP contribution in [0.2, 0.25) is 0 Å². The third kappa shape index (κ3) is 5.20. The maximum Gasteiger partial charge on any atom is 0.229 e. The number of nitrogens with zero attached hydrogens (tertiary/aromatic N) is 2. The summed E-state index contributed by atoms with van der Waals surface area (Å²) in [4.78, 5) is 8.53. The summed E-state index contributed by atoms with van der Waals surface area (Å²) >= 11 is 0. The maximum atomic E-state index is 13.7. The molecule has 2 aromatic carbocycles. The summed E-state index contributed by atoms with van der Waals surface area (Å²) < 4.78 is 51.8. The summed E-state index contributed by atoms with van der Waals surface area (Å²) in [5, 5.41) is 2.96. The number of sulfonamides is 1. The number of rotatable bonds is 6. The van der Waals surface area contributed by atoms with Gasteiger partial charge >= 0.3 is 0 Å². The minimum atomic E-state index is -3.40. The maximum absolute atomic E-state index is 13.7. The number of nitrogens with one attached hydrogen (secondary N) is 2. The van der Waals surface area contributed by atoms with Crippen molar-refractivity contribution in [2.75, 3.05) is 16.3 Å². The van der Waals surface area contributed by atoms with Crippen molar-refractivity contribution in [2.45, 2.75) is 6.54 Å². The molecule has 0 amide bonds. The average molecular weight is 390 g/mol. The minimum Gasteiger partial charge on any atom is -0.366 e. The van der Waals surface area contributed by atoms with Crippen molar-refractivity contribution in [3.05, 3.63) is 71.9 Å². The third-order valence-electron chi connectivity index (χ3n) is 3.55. The molecule has 0 atom stereocenters. The van der Waals surface area contributed by atoms with E-state index in [1.165, 1.54) is 18.3 Å². The van der Waals surface area contributed by atoms with Crippen LogP contribution in [-0.2, 0) is 16.6 Å². The van der Waals surface area contributed by atoms with Crippen LogP contribution in [0.15, 0.2) is 54.7 Å². The Morgan fingerprint density at radius 2 is 1.89 bits per heavy atom. The first-order valence-electron chi connectivity index (χ1n) is 7.89. The number of anilines is 2. The van der Waals surface area contributed by atoms with Gasteiger partial charge in [-0.2, -0.15) is 0 Å². The highest BCUT2D eigenvalue weighted by Gasteiger charge is 2.08. The number of benzene rings is 2. The lowest BCUT2D eigenvalue weighted by atomic mass is 10.2. The van der Waals surface area contributed by atoms with Crippen LogP contribution in [0.1, 0.15) is 5.56 Å². The lowest BCUT2D eigenvalue weighted by Crippen LogP contribution is -2.09. The van der Waals surface area contributed by atoms with E-state index in [9.17, 15) is 17.2 Å². The molecule has 0 spiro atoms. The molecule has 3 aromatic rings. The summed E-state index contributed by atoms with van der Waals surface area (Å²) in [6, 6.07) is 11.6. The van der Waals surface area contributed by atoms with Gasteiger partial charge in [-0.05, 0) is 24.3 Å². The normalized spacial score (nSPS) is 11.2. The van der Waals surface area contributed by atoms with Crippen molar-refractivity contribution in [1.82, 2.24) is 9.97 Å². The van der Waals surface area contributed by atoms with Gasteiger partial charge in [-0.25, -0.2) is 27.2 Å². The highest BCUT2D eigenvalue weighted by atomic mass is 32.2. The van der Waals surface area contributed by atoms with E-state index in [-0.39, 0.29) is 6.54 Å². The molecule has 0 bridgehead atoms. The molecule has 0 aliphatic carbocycles. The molecule has 0 saturated heterocycles. The van der Waals surface area contributed by atoms with Gasteiger partial charge in [0.05, 0.1) is 6.26 Å². The second-order valence-corrected chi connectivity index (χ2v) is 7.56. The van der Waals surface area contributed by atoms with Gasteiger partial charge in [0.15, 0.2) is 5.82 Å². The molecule has 27 heavy (non-hydrogen) atoms. The van der Waals surface area contributed by atoms with Crippen LogP contribution >= 0.6 is 0 Å². The van der Waals surface area contributed by atoms with Crippen molar-refractivity contribution in [3.63, 3.8) is 0 Å². The highest BCUT2D eigenvalue weighted by Crippen LogP contribution is 2.21. The summed E-state index contributed by atoms with van der Waals surface area (Å²) in [6.45, 7) is 0.123. The fraction of sp³-hybridized carbons (Fsp3) is 0.111. The molecular formula is C18H16F2N4O2S. The summed E-state index contributed by atoms with van der Waals surface area (Å²) in [7, 11) is -3.40. The van der Waals surface area contributed by atoms with Crippen LogP contribution in [-0.4, -0.2) is 24.6 Å². The van der Waals surface area contributed by atoms with E-state index in [0.29, 0.717) is 28.5 Å². The van der Waals surface area contributed by atoms with Crippen molar-refractivity contribution >= 4 is 21.5 Å². The largest absolute Gasteiger partial charge is 0.366 e. The Bertz CT molecular complexity index is 1070. The fourth-order valence-electron chi connectivity index (χ4n) is 2.38. The zero-order valence-corrected chi connectivity index (χ0v) is 15.1. The molecule has 1 heterocycles. The van der Waals surface area contributed by atoms with Gasteiger partial charge in [0.25, 0.3) is 0 Å². The van der Waals surface area contributed by atoms with Crippen molar-refractivity contribution in [1.29, 1.82) is 0 Å². The first-order valence-corrected chi connectivity index (χ1v) is 9.78. The SMILES string of the molecule is CS(=O)(=O)Nc1cccc(-c2nccc(NCc3ccc(F)cc3F)n2)c1. The molecule has 3 rings (SSSR count). The molecule has 6 nitrogen and oxygen atoms in total. The van der Waals surface area contributed by atoms with E-state index in [2.05, 4.69) is 20.0 Å². The van der Waals surface area contributed by atoms with Crippen molar-refractivity contribution in [3.8, 4) is 11.4 Å². The quantitative estimate of drug-likeness (QED) is 0.674. The first-order chi connectivity index (χ1) is 12.8. The zero-order chi connectivity index (χ0) is 19.4. The second kappa shape index (κ2) is 7.67. The van der Waals surface area contributed by atoms with Crippen LogP contribution in [0.3, 0.4) is 0 Å². The number of halogens is 2. The molecule has 0 radical (unpaired) electrons. The molecule has 2 N–H and O–H groups in total. The minimum absolute atomic E-state index is 0.123. The fourth-order valence-corrected chi connectivity index (χ4v) is 2.94. The van der Waals surface area contributed by atoms with Gasteiger partial charge in [0.2, 0.25) is 10.0 Å². The predicted molar refractivity (Wildman–Crippen MR) is 99.6 cm³/mol. The summed E-state index contributed by atoms with van der Waals surface area (Å²) in [5.74, 6) is -0.457. The van der Waals surface area contributed by atoms with Gasteiger partial charge in [-0.1, -0.05) is 18.2 Å². The van der Waals surface area contributed by atoms with Crippen LogP contribution in [0, 0.1) is 11.6 Å². The van der Waals surface area contributed by atoms with Gasteiger partial charge in [0.1, 0.15) is 17.5 Å². The molecule has 140 valence electrons. The van der Waals surface area contributed by atoms with E-state index < -0.39 is 21.7 Å². The highest BCUT2D eigenvalue weighted by molar-refractivity contribution is 7.92. The van der Waals surface area contributed by atoms with Gasteiger partial charge in [-0.3, -0.25) is 4.72 Å². The van der Waals surface area contributed by atoms with Crippen LogP contribution < -0.4 is 10.0 Å². The van der Waals surface area contributed by atoms with E-state index in [4.69, 9.17) is 0 Å². The standard InChI is InChI=1S/C18H16F2N4O2S/c1-27(25,26)24-15-4-2-3-12(9-15)18-21-8-7-17(23-18)22-11-13-5-6-14(19)10-16(13)20/h2-10,24H,11H2,1H3,(H,21,22,23). The van der Waals surface area contributed by atoms with Gasteiger partial charge < -0.3 is 5.32 Å². The number of hydrogen-bond donors (Lipinski definition) is 2. The van der Waals surface area contributed by atoms with Crippen molar-refractivity contribution < 1.29 is 17.2 Å². The lowest BCUT2D eigenvalue weighted by molar-refractivity contribution is 0.574. The molecule has 0 fully saturated rings. The summed E-state index contributed by atoms with van der Waals surface area (Å²) in [6.07, 6.45) is 2.59. The number of aromatic nitrogens is 2. The van der Waals surface area contributed by atoms with Crippen LogP contribution in [0.4, 0.5) is 20.3 Å². The van der Waals surface area contributed by atoms with E-state index in [1.807, 2.05) is 0 Å². The Balaban J connectivity index is 1.78. The van der Waals surface area contributed by atoms with Gasteiger partial charge in [0, 0.05) is 35.6 Å². The smallest absolute Gasteiger partial charge is 0.229 e. The van der Waals surface area contributed by atoms with Crippen LogP contribution in [0.25, 0.3) is 11.4 Å². The predicted octanol–water partition coefficient (Wildman–Crippen LogP) is 3.41. The Labute approximate surface area is 155 Å². The molecule has 0 saturated carbocycles. The molecular weight excluding hydrogens is 374 g/mol. The summed E-state index contributed by atoms with van der Waals surface area (Å²) in [5.41, 5.74) is 1.31. The Morgan fingerprint density at radius 1 is 1.07 bits per heavy atom. The zero-order valence-electron chi connectivity index (χ0n) is 14.3. The molecule has 9 heteroatoms. The molecule has 0 aliphatic heterocycles. The van der Waals surface area contributed by atoms with Gasteiger partial charge in [-0.15, -0.1) is 0 Å². The van der Waals surface area contributed by atoms with E-state index >= 15 is 0 Å². The molecule has 0 unspecified atom stereocenters. The lowest BCUT2D eigenvalue weighted by Gasteiger charge is -2.09. The molecule has 1 aromatic heterocycles. The van der Waals surface area contributed by atoms with E-state index in [0.717, 1.165) is 12.3 Å².